The van der Waals surface area contributed by atoms with Gasteiger partial charge < -0.3 is 13.4 Å². The van der Waals surface area contributed by atoms with Crippen molar-refractivity contribution in [3.63, 3.8) is 0 Å². The van der Waals surface area contributed by atoms with Gasteiger partial charge in [0, 0.05) is 54.2 Å². The topological polar surface area (TPSA) is 74.8 Å². The van der Waals surface area contributed by atoms with E-state index >= 15 is 0 Å². The highest BCUT2D eigenvalue weighted by Gasteiger charge is 2.26. The minimum absolute atomic E-state index is 0.502. The van der Waals surface area contributed by atoms with E-state index in [1.807, 2.05) is 48.5 Å². The van der Waals surface area contributed by atoms with Crippen LogP contribution in [-0.2, 0) is 0 Å². The van der Waals surface area contributed by atoms with Gasteiger partial charge in [0.25, 0.3) is 0 Å². The minimum Gasteiger partial charge on any atom is -0.456 e. The molecule has 0 spiro atoms. The normalized spacial score (nSPS) is 12.1. The van der Waals surface area contributed by atoms with Crippen LogP contribution in [0.25, 0.3) is 155 Å². The molecule has 0 saturated carbocycles. The third-order valence-corrected chi connectivity index (χ3v) is 14.9. The van der Waals surface area contributed by atoms with Gasteiger partial charge in [-0.3, -0.25) is 4.57 Å². The lowest BCUT2D eigenvalue weighted by Crippen LogP contribution is -2.07. The van der Waals surface area contributed by atoms with Gasteiger partial charge in [0.1, 0.15) is 16.7 Å². The number of nitrogens with zero attached hydrogens (tertiary/aromatic N) is 5. The maximum absolute atomic E-state index is 7.03. The first kappa shape index (κ1) is 40.6. The summed E-state index contributed by atoms with van der Waals surface area (Å²) in [6.07, 6.45) is 0. The van der Waals surface area contributed by atoms with Crippen LogP contribution >= 0.6 is 0 Å². The number of para-hydroxylation sites is 4. The molecular weight excluding hydrogens is 907 g/mol. The molecule has 344 valence electrons. The quantitative estimate of drug-likeness (QED) is 0.166. The number of benzene rings is 11. The van der Waals surface area contributed by atoms with E-state index in [9.17, 15) is 0 Å². The summed E-state index contributed by atoms with van der Waals surface area (Å²) < 4.78 is 18.1. The fourth-order valence-corrected chi connectivity index (χ4v) is 11.5. The Hall–Kier alpha value is -10.1. The molecule has 0 unspecified atom stereocenters. The fourth-order valence-electron chi connectivity index (χ4n) is 11.5. The lowest BCUT2D eigenvalue weighted by molar-refractivity contribution is 0.666. The van der Waals surface area contributed by atoms with Crippen molar-refractivity contribution in [2.24, 2.45) is 0 Å². The SMILES string of the molecule is c1ccc(-c2nc(-c3ccc4c(c3)oc3ccccc34)nc(-n3c4ccccc4c4ccc5c6ccccc6n(-c6cc(-c7cccc(-c8ccc9ccccc9c8)c7)cc7c6oc6ccccc67)c5c43)n2)cc1. The maximum atomic E-state index is 7.03. The molecule has 5 heterocycles. The van der Waals surface area contributed by atoms with Gasteiger partial charge in [0.2, 0.25) is 5.95 Å². The van der Waals surface area contributed by atoms with Gasteiger partial charge in [-0.25, -0.2) is 4.98 Å². The predicted octanol–water partition coefficient (Wildman–Crippen LogP) is 17.7. The van der Waals surface area contributed by atoms with E-state index in [1.165, 1.54) is 16.3 Å². The highest BCUT2D eigenvalue weighted by molar-refractivity contribution is 6.24. The van der Waals surface area contributed by atoms with Crippen LogP contribution in [0.1, 0.15) is 0 Å². The summed E-state index contributed by atoms with van der Waals surface area (Å²) in [5.74, 6) is 1.61. The Morgan fingerprint density at radius 1 is 0.284 bits per heavy atom. The second-order valence-corrected chi connectivity index (χ2v) is 19.1. The van der Waals surface area contributed by atoms with E-state index in [1.54, 1.807) is 0 Å². The molecule has 0 atom stereocenters. The van der Waals surface area contributed by atoms with Gasteiger partial charge in [-0.1, -0.05) is 176 Å². The molecule has 0 bridgehead atoms. The van der Waals surface area contributed by atoms with Crippen LogP contribution in [0.4, 0.5) is 0 Å². The van der Waals surface area contributed by atoms with Crippen molar-refractivity contribution in [3.05, 3.63) is 237 Å². The lowest BCUT2D eigenvalue weighted by atomic mass is 9.96. The Morgan fingerprint density at radius 2 is 0.824 bits per heavy atom. The maximum Gasteiger partial charge on any atom is 0.238 e. The Balaban J connectivity index is 0.994. The number of hydrogen-bond donors (Lipinski definition) is 0. The molecule has 7 heteroatoms. The Bertz CT molecular complexity index is 4980. The van der Waals surface area contributed by atoms with Crippen LogP contribution < -0.4 is 0 Å². The molecule has 16 rings (SSSR count). The Morgan fingerprint density at radius 3 is 1.59 bits per heavy atom. The first-order valence-electron chi connectivity index (χ1n) is 24.9. The first-order valence-corrected chi connectivity index (χ1v) is 24.9. The molecule has 74 heavy (non-hydrogen) atoms. The van der Waals surface area contributed by atoms with E-state index in [2.05, 4.69) is 197 Å². The molecule has 0 amide bonds. The third-order valence-electron chi connectivity index (χ3n) is 14.9. The van der Waals surface area contributed by atoms with Crippen LogP contribution in [0.2, 0.25) is 0 Å². The summed E-state index contributed by atoms with van der Waals surface area (Å²) >= 11 is 0. The van der Waals surface area contributed by atoms with Crippen molar-refractivity contribution >= 4 is 98.3 Å². The van der Waals surface area contributed by atoms with Crippen LogP contribution in [0.5, 0.6) is 0 Å². The summed E-state index contributed by atoms with van der Waals surface area (Å²) in [5, 5.41) is 11.0. The van der Waals surface area contributed by atoms with Gasteiger partial charge in [-0.2, -0.15) is 9.97 Å². The molecule has 11 aromatic carbocycles. The zero-order valence-corrected chi connectivity index (χ0v) is 39.6. The molecule has 5 aromatic heterocycles. The van der Waals surface area contributed by atoms with E-state index in [0.29, 0.717) is 17.6 Å². The molecule has 0 radical (unpaired) electrons. The number of fused-ring (bicyclic) bond motifs is 14. The van der Waals surface area contributed by atoms with Gasteiger partial charge >= 0.3 is 0 Å². The van der Waals surface area contributed by atoms with Crippen molar-refractivity contribution in [3.8, 4) is 56.7 Å². The van der Waals surface area contributed by atoms with Crippen LogP contribution in [0.15, 0.2) is 245 Å². The minimum atomic E-state index is 0.502. The summed E-state index contributed by atoms with van der Waals surface area (Å²) in [6.45, 7) is 0. The average molecular weight is 946 g/mol. The van der Waals surface area contributed by atoms with Gasteiger partial charge in [0.15, 0.2) is 17.2 Å². The van der Waals surface area contributed by atoms with E-state index < -0.39 is 0 Å². The van der Waals surface area contributed by atoms with Crippen molar-refractivity contribution < 1.29 is 8.83 Å². The summed E-state index contributed by atoms with van der Waals surface area (Å²) in [5.41, 5.74) is 14.4. The van der Waals surface area contributed by atoms with Gasteiger partial charge in [-0.15, -0.1) is 0 Å². The summed E-state index contributed by atoms with van der Waals surface area (Å²) in [6, 6.07) is 83.5. The number of rotatable bonds is 6. The van der Waals surface area contributed by atoms with E-state index in [-0.39, 0.29) is 0 Å². The largest absolute Gasteiger partial charge is 0.456 e. The van der Waals surface area contributed by atoms with Crippen molar-refractivity contribution in [2.45, 2.75) is 0 Å². The summed E-state index contributed by atoms with van der Waals surface area (Å²) in [4.78, 5) is 16.1. The smallest absolute Gasteiger partial charge is 0.238 e. The van der Waals surface area contributed by atoms with Crippen molar-refractivity contribution in [1.29, 1.82) is 0 Å². The van der Waals surface area contributed by atoms with E-state index in [4.69, 9.17) is 23.8 Å². The fraction of sp³-hybridized carbons (Fsp3) is 0. The summed E-state index contributed by atoms with van der Waals surface area (Å²) in [7, 11) is 0. The van der Waals surface area contributed by atoms with Gasteiger partial charge in [-0.05, 0) is 93.7 Å². The van der Waals surface area contributed by atoms with E-state index in [0.717, 1.165) is 121 Å². The lowest BCUT2D eigenvalue weighted by Gasteiger charge is -2.15. The standard InChI is InChI=1S/C67H39N5O2/c1-2-16-41(17-3-1)65-68-66(46-31-32-52-50-23-8-12-27-59(50)73-61(52)39-46)70-67(69-65)72-57-26-11-7-22-49(57)54-34-33-53-48-21-6-10-25-56(48)71(62(53)63(54)72)58-38-47(37-55-51-24-9-13-28-60(51)74-64(55)58)44-20-14-19-43(36-44)45-30-29-40-15-4-5-18-42(40)35-45/h1-39H. The second kappa shape index (κ2) is 15.7. The molecule has 0 aliphatic heterocycles. The molecule has 0 aliphatic rings. The molecular formula is C67H39N5O2. The highest BCUT2D eigenvalue weighted by atomic mass is 16.3. The monoisotopic (exact) mass is 945 g/mol. The molecule has 0 aliphatic carbocycles. The van der Waals surface area contributed by atoms with Crippen molar-refractivity contribution in [2.75, 3.05) is 0 Å². The molecule has 7 nitrogen and oxygen atoms in total. The Labute approximate surface area is 422 Å². The first-order chi connectivity index (χ1) is 36.7. The molecule has 16 aromatic rings. The zero-order valence-electron chi connectivity index (χ0n) is 39.6. The third kappa shape index (κ3) is 6.10. The molecule has 0 N–H and O–H groups in total. The average Bonchev–Trinajstić information content (AvgIpc) is 4.25. The molecule has 0 saturated heterocycles. The number of furan rings is 2. The van der Waals surface area contributed by atoms with Gasteiger partial charge in [0.05, 0.1) is 27.8 Å². The van der Waals surface area contributed by atoms with Crippen molar-refractivity contribution in [1.82, 2.24) is 24.1 Å². The molecule has 0 fully saturated rings. The highest BCUT2D eigenvalue weighted by Crippen LogP contribution is 2.45. The zero-order chi connectivity index (χ0) is 48.4. The number of hydrogen-bond acceptors (Lipinski definition) is 5. The van der Waals surface area contributed by atoms with Crippen LogP contribution in [-0.4, -0.2) is 24.1 Å². The van der Waals surface area contributed by atoms with Crippen LogP contribution in [0.3, 0.4) is 0 Å². The predicted molar refractivity (Wildman–Crippen MR) is 302 cm³/mol. The number of aromatic nitrogens is 5. The Kier molecular flexibility index (Phi) is 8.61. The second-order valence-electron chi connectivity index (χ2n) is 19.1. The van der Waals surface area contributed by atoms with Crippen LogP contribution in [0, 0.1) is 0 Å².